The molecule has 0 aliphatic rings. The Morgan fingerprint density at radius 3 is 2.47 bits per heavy atom. The van der Waals surface area contributed by atoms with Gasteiger partial charge in [-0.3, -0.25) is 5.41 Å². The largest absolute Gasteiger partial charge is 0.384 e. The first kappa shape index (κ1) is 13.6. The number of aryl methyl sites for hydroxylation is 3. The van der Waals surface area contributed by atoms with Crippen LogP contribution < -0.4 is 5.73 Å². The second-order valence-corrected chi connectivity index (χ2v) is 5.71. The third-order valence-corrected chi connectivity index (χ3v) is 3.69. The molecule has 3 nitrogen and oxygen atoms in total. The molecule has 0 radical (unpaired) electrons. The second kappa shape index (κ2) is 5.45. The third-order valence-electron chi connectivity index (χ3n) is 2.78. The average molecular weight is 271 g/mol. The average Bonchev–Trinajstić information content (AvgIpc) is 2.26. The molecule has 98 valence electrons. The van der Waals surface area contributed by atoms with E-state index in [-0.39, 0.29) is 5.84 Å². The van der Waals surface area contributed by atoms with Gasteiger partial charge in [0, 0.05) is 16.2 Å². The van der Waals surface area contributed by atoms with Crippen molar-refractivity contribution in [3.63, 3.8) is 0 Å². The number of nitrogens with zero attached hydrogens (tertiary/aromatic N) is 1. The van der Waals surface area contributed by atoms with Crippen LogP contribution >= 0.6 is 11.8 Å². The number of aromatic nitrogens is 1. The zero-order chi connectivity index (χ0) is 14.0. The minimum absolute atomic E-state index is 0.110. The summed E-state index contributed by atoms with van der Waals surface area (Å²) < 4.78 is 0. The minimum Gasteiger partial charge on any atom is -0.384 e. The van der Waals surface area contributed by atoms with E-state index in [1.807, 2.05) is 32.0 Å². The van der Waals surface area contributed by atoms with Crippen LogP contribution in [-0.4, -0.2) is 10.8 Å². The number of pyridine rings is 1. The zero-order valence-electron chi connectivity index (χ0n) is 11.3. The number of hydrogen-bond donors (Lipinski definition) is 2. The molecule has 0 aliphatic carbocycles. The Balaban J connectivity index is 2.28. The summed E-state index contributed by atoms with van der Waals surface area (Å²) in [6.07, 6.45) is 0. The van der Waals surface area contributed by atoms with Gasteiger partial charge in [-0.25, -0.2) is 4.98 Å². The third kappa shape index (κ3) is 3.35. The first-order valence-electron chi connectivity index (χ1n) is 6.04. The highest BCUT2D eigenvalue weighted by Gasteiger charge is 2.05. The molecule has 3 N–H and O–H groups in total. The molecule has 1 aromatic heterocycles. The first-order chi connectivity index (χ1) is 8.95. The Kier molecular flexibility index (Phi) is 3.90. The SMILES string of the molecule is Cc1cc(C)nc(Sc2ccc(C(=N)N)c(C)c2)c1. The van der Waals surface area contributed by atoms with Gasteiger partial charge in [0.25, 0.3) is 0 Å². The lowest BCUT2D eigenvalue weighted by Crippen LogP contribution is -2.12. The fourth-order valence-corrected chi connectivity index (χ4v) is 3.03. The lowest BCUT2D eigenvalue weighted by molar-refractivity contribution is 1.05. The van der Waals surface area contributed by atoms with Crippen LogP contribution in [0.15, 0.2) is 40.3 Å². The fraction of sp³-hybridized carbons (Fsp3) is 0.200. The van der Waals surface area contributed by atoms with Crippen LogP contribution in [0.2, 0.25) is 0 Å². The normalized spacial score (nSPS) is 10.5. The smallest absolute Gasteiger partial charge is 0.123 e. The van der Waals surface area contributed by atoms with Crippen molar-refractivity contribution in [1.82, 2.24) is 4.98 Å². The quantitative estimate of drug-likeness (QED) is 0.664. The van der Waals surface area contributed by atoms with Crippen LogP contribution in [0.25, 0.3) is 0 Å². The van der Waals surface area contributed by atoms with E-state index in [0.717, 1.165) is 26.7 Å². The molecule has 0 spiro atoms. The maximum atomic E-state index is 7.48. The summed E-state index contributed by atoms with van der Waals surface area (Å²) in [5.74, 6) is 0.110. The summed E-state index contributed by atoms with van der Waals surface area (Å²) in [4.78, 5) is 5.62. The lowest BCUT2D eigenvalue weighted by Gasteiger charge is -2.07. The van der Waals surface area contributed by atoms with E-state index in [2.05, 4.69) is 24.0 Å². The standard InChI is InChI=1S/C15H17N3S/c1-9-6-11(3)18-14(7-9)19-12-4-5-13(15(16)17)10(2)8-12/h4-8H,1-3H3,(H3,16,17). The molecule has 1 aromatic carbocycles. The van der Waals surface area contributed by atoms with Gasteiger partial charge in [-0.2, -0.15) is 0 Å². The number of nitrogen functional groups attached to an aromatic ring is 1. The summed E-state index contributed by atoms with van der Waals surface area (Å²) in [7, 11) is 0. The molecule has 2 rings (SSSR count). The number of rotatable bonds is 3. The number of benzene rings is 1. The molecule has 2 aromatic rings. The van der Waals surface area contributed by atoms with Gasteiger partial charge in [-0.1, -0.05) is 11.8 Å². The van der Waals surface area contributed by atoms with Crippen molar-refractivity contribution in [2.75, 3.05) is 0 Å². The van der Waals surface area contributed by atoms with Crippen LogP contribution in [0.3, 0.4) is 0 Å². The Labute approximate surface area is 117 Å². The molecular weight excluding hydrogens is 254 g/mol. The monoisotopic (exact) mass is 271 g/mol. The maximum absolute atomic E-state index is 7.48. The van der Waals surface area contributed by atoms with E-state index >= 15 is 0 Å². The van der Waals surface area contributed by atoms with Gasteiger partial charge in [0.15, 0.2) is 0 Å². The molecule has 19 heavy (non-hydrogen) atoms. The Morgan fingerprint density at radius 2 is 1.89 bits per heavy atom. The van der Waals surface area contributed by atoms with E-state index in [9.17, 15) is 0 Å². The van der Waals surface area contributed by atoms with Gasteiger partial charge >= 0.3 is 0 Å². The van der Waals surface area contributed by atoms with Gasteiger partial charge < -0.3 is 5.73 Å². The van der Waals surface area contributed by atoms with Crippen molar-refractivity contribution in [1.29, 1.82) is 5.41 Å². The minimum atomic E-state index is 0.110. The van der Waals surface area contributed by atoms with Crippen molar-refractivity contribution in [3.05, 3.63) is 52.7 Å². The van der Waals surface area contributed by atoms with E-state index in [1.165, 1.54) is 5.56 Å². The molecular formula is C15H17N3S. The molecule has 0 saturated heterocycles. The van der Waals surface area contributed by atoms with Gasteiger partial charge in [0.2, 0.25) is 0 Å². The molecule has 0 unspecified atom stereocenters. The van der Waals surface area contributed by atoms with E-state index < -0.39 is 0 Å². The van der Waals surface area contributed by atoms with Crippen LogP contribution in [0.4, 0.5) is 0 Å². The van der Waals surface area contributed by atoms with Crippen LogP contribution in [0, 0.1) is 26.2 Å². The van der Waals surface area contributed by atoms with Crippen molar-refractivity contribution < 1.29 is 0 Å². The van der Waals surface area contributed by atoms with Crippen molar-refractivity contribution in [2.24, 2.45) is 5.73 Å². The maximum Gasteiger partial charge on any atom is 0.123 e. The van der Waals surface area contributed by atoms with Gasteiger partial charge in [-0.15, -0.1) is 0 Å². The van der Waals surface area contributed by atoms with Crippen LogP contribution in [0.5, 0.6) is 0 Å². The summed E-state index contributed by atoms with van der Waals surface area (Å²) in [5.41, 5.74) is 9.57. The topological polar surface area (TPSA) is 62.8 Å². The van der Waals surface area contributed by atoms with Gasteiger partial charge in [0.1, 0.15) is 10.9 Å². The predicted molar refractivity (Wildman–Crippen MR) is 80.0 cm³/mol. The number of hydrogen-bond acceptors (Lipinski definition) is 3. The molecule has 0 bridgehead atoms. The second-order valence-electron chi connectivity index (χ2n) is 4.62. The molecule has 4 heteroatoms. The summed E-state index contributed by atoms with van der Waals surface area (Å²) in [5, 5.41) is 8.48. The zero-order valence-corrected chi connectivity index (χ0v) is 12.1. The molecule has 0 saturated carbocycles. The van der Waals surface area contributed by atoms with Crippen molar-refractivity contribution in [3.8, 4) is 0 Å². The lowest BCUT2D eigenvalue weighted by atomic mass is 10.1. The predicted octanol–water partition coefficient (Wildman–Crippen LogP) is 3.44. The number of nitrogens with one attached hydrogen (secondary N) is 1. The first-order valence-corrected chi connectivity index (χ1v) is 6.85. The fourth-order valence-electron chi connectivity index (χ4n) is 1.98. The summed E-state index contributed by atoms with van der Waals surface area (Å²) in [6, 6.07) is 10.1. The van der Waals surface area contributed by atoms with Crippen molar-refractivity contribution in [2.45, 2.75) is 30.7 Å². The highest BCUT2D eigenvalue weighted by molar-refractivity contribution is 7.99. The number of nitrogens with two attached hydrogens (primary N) is 1. The highest BCUT2D eigenvalue weighted by atomic mass is 32.2. The Hall–Kier alpha value is -1.81. The van der Waals surface area contributed by atoms with E-state index in [4.69, 9.17) is 11.1 Å². The molecule has 0 fully saturated rings. The number of amidine groups is 1. The Morgan fingerprint density at radius 1 is 1.16 bits per heavy atom. The summed E-state index contributed by atoms with van der Waals surface area (Å²) in [6.45, 7) is 6.04. The van der Waals surface area contributed by atoms with E-state index in [0.29, 0.717) is 0 Å². The Bertz CT molecular complexity index is 615. The summed E-state index contributed by atoms with van der Waals surface area (Å²) >= 11 is 1.63. The van der Waals surface area contributed by atoms with Crippen molar-refractivity contribution >= 4 is 17.6 Å². The van der Waals surface area contributed by atoms with Gasteiger partial charge in [-0.05, 0) is 62.2 Å². The van der Waals surface area contributed by atoms with E-state index in [1.54, 1.807) is 11.8 Å². The molecule has 0 atom stereocenters. The van der Waals surface area contributed by atoms with Crippen LogP contribution in [0.1, 0.15) is 22.4 Å². The molecule has 0 amide bonds. The molecule has 0 aliphatic heterocycles. The van der Waals surface area contributed by atoms with Crippen LogP contribution in [-0.2, 0) is 0 Å². The molecule has 1 heterocycles. The van der Waals surface area contributed by atoms with Gasteiger partial charge in [0.05, 0.1) is 0 Å². The highest BCUT2D eigenvalue weighted by Crippen LogP contribution is 2.28.